The molecule has 0 aliphatic heterocycles. The van der Waals surface area contributed by atoms with Gasteiger partial charge in [0.25, 0.3) is 12.3 Å². The third-order valence-corrected chi connectivity index (χ3v) is 5.01. The van der Waals surface area contributed by atoms with Crippen molar-refractivity contribution >= 4 is 34.6 Å². The van der Waals surface area contributed by atoms with Crippen LogP contribution in [0, 0.1) is 0 Å². The quantitative estimate of drug-likeness (QED) is 0.337. The molecule has 35 heavy (non-hydrogen) atoms. The summed E-state index contributed by atoms with van der Waals surface area (Å²) in [6.07, 6.45) is -4.85. The van der Waals surface area contributed by atoms with Crippen molar-refractivity contribution in [2.24, 2.45) is 0 Å². The highest BCUT2D eigenvalue weighted by atomic mass is 19.4. The smallest absolute Gasteiger partial charge is 0.354 e. The Balaban J connectivity index is 1.42. The summed E-state index contributed by atoms with van der Waals surface area (Å²) in [6.45, 7) is -0.474. The maximum atomic E-state index is 13.0. The molecule has 4 rings (SSSR count). The maximum Gasteiger partial charge on any atom is 0.434 e. The molecule has 4 aromatic rings. The van der Waals surface area contributed by atoms with Gasteiger partial charge in [-0.3, -0.25) is 9.20 Å². The van der Waals surface area contributed by atoms with Crippen molar-refractivity contribution in [3.05, 3.63) is 78.2 Å². The molecule has 0 atom stereocenters. The molecule has 0 saturated heterocycles. The normalized spacial score (nSPS) is 11.6. The van der Waals surface area contributed by atoms with Gasteiger partial charge in [-0.25, -0.2) is 18.7 Å². The minimum Gasteiger partial charge on any atom is -0.354 e. The maximum absolute atomic E-state index is 13.0. The average molecular weight is 490 g/mol. The fourth-order valence-corrected chi connectivity index (χ4v) is 3.28. The SMILES string of the molecule is CN(CC(F)F)c1ccc(C(=O)Nc2ccc(Nc3cccc4nc(C(F)(F)F)cn34)cc2)cn1. The van der Waals surface area contributed by atoms with Crippen molar-refractivity contribution in [2.45, 2.75) is 12.6 Å². The lowest BCUT2D eigenvalue weighted by molar-refractivity contribution is -0.140. The van der Waals surface area contributed by atoms with E-state index >= 15 is 0 Å². The van der Waals surface area contributed by atoms with Gasteiger partial charge in [-0.05, 0) is 48.5 Å². The summed E-state index contributed by atoms with van der Waals surface area (Å²) in [6, 6.07) is 14.2. The lowest BCUT2D eigenvalue weighted by Gasteiger charge is -2.17. The summed E-state index contributed by atoms with van der Waals surface area (Å²) in [7, 11) is 1.48. The summed E-state index contributed by atoms with van der Waals surface area (Å²) in [5, 5.41) is 5.73. The van der Waals surface area contributed by atoms with Crippen molar-refractivity contribution < 1.29 is 26.7 Å². The van der Waals surface area contributed by atoms with Gasteiger partial charge in [-0.2, -0.15) is 13.2 Å². The number of hydrogen-bond acceptors (Lipinski definition) is 5. The Labute approximate surface area is 196 Å². The Bertz CT molecular complexity index is 1320. The molecule has 1 amide bonds. The van der Waals surface area contributed by atoms with Crippen molar-refractivity contribution in [3.63, 3.8) is 0 Å². The summed E-state index contributed by atoms with van der Waals surface area (Å²) < 4.78 is 65.3. The monoisotopic (exact) mass is 490 g/mol. The van der Waals surface area contributed by atoms with Crippen molar-refractivity contribution in [2.75, 3.05) is 29.1 Å². The zero-order chi connectivity index (χ0) is 25.2. The molecule has 1 aromatic carbocycles. The molecule has 0 unspecified atom stereocenters. The van der Waals surface area contributed by atoms with Crippen LogP contribution < -0.4 is 15.5 Å². The fraction of sp³-hybridized carbons (Fsp3) is 0.174. The molecule has 12 heteroatoms. The molecule has 0 aliphatic carbocycles. The number of amides is 1. The van der Waals surface area contributed by atoms with E-state index in [0.29, 0.717) is 23.0 Å². The van der Waals surface area contributed by atoms with Gasteiger partial charge >= 0.3 is 6.18 Å². The van der Waals surface area contributed by atoms with Crippen LogP contribution in [-0.2, 0) is 6.18 Å². The van der Waals surface area contributed by atoms with Crippen LogP contribution in [-0.4, -0.2) is 40.3 Å². The van der Waals surface area contributed by atoms with Crippen LogP contribution >= 0.6 is 0 Å². The minimum atomic E-state index is -4.55. The van der Waals surface area contributed by atoms with E-state index in [4.69, 9.17) is 0 Å². The van der Waals surface area contributed by atoms with Gasteiger partial charge in [-0.1, -0.05) is 6.07 Å². The summed E-state index contributed by atoms with van der Waals surface area (Å²) in [4.78, 5) is 21.4. The molecule has 0 saturated carbocycles. The second kappa shape index (κ2) is 9.57. The van der Waals surface area contributed by atoms with Gasteiger partial charge in [0.1, 0.15) is 17.3 Å². The summed E-state index contributed by atoms with van der Waals surface area (Å²) in [5.74, 6) is 0.252. The highest BCUT2D eigenvalue weighted by Crippen LogP contribution is 2.30. The van der Waals surface area contributed by atoms with Crippen LogP contribution in [0.1, 0.15) is 16.1 Å². The summed E-state index contributed by atoms with van der Waals surface area (Å²) in [5.41, 5.74) is 0.443. The number of carbonyl (C=O) groups is 1. The number of aromatic nitrogens is 3. The number of nitrogens with one attached hydrogen (secondary N) is 2. The first-order valence-corrected chi connectivity index (χ1v) is 10.3. The standard InChI is InChI=1S/C23H19F5N6O/c1-33(13-18(24)25)19-10-5-14(11-29-19)22(35)31-16-8-6-15(7-9-16)30-20-3-2-4-21-32-17(12-34(20)21)23(26,27)28/h2-12,18,30H,13H2,1H3,(H,31,35). The van der Waals surface area contributed by atoms with Crippen LogP contribution in [0.2, 0.25) is 0 Å². The lowest BCUT2D eigenvalue weighted by Crippen LogP contribution is -2.25. The number of hydrogen-bond donors (Lipinski definition) is 2. The van der Waals surface area contributed by atoms with E-state index in [1.807, 2.05) is 0 Å². The van der Waals surface area contributed by atoms with E-state index < -0.39 is 30.7 Å². The molecule has 3 aromatic heterocycles. The van der Waals surface area contributed by atoms with E-state index in [0.717, 1.165) is 6.20 Å². The Hall–Kier alpha value is -4.22. The van der Waals surface area contributed by atoms with E-state index in [2.05, 4.69) is 20.6 Å². The Morgan fingerprint density at radius 1 is 1.06 bits per heavy atom. The number of imidazole rings is 1. The second-order valence-corrected chi connectivity index (χ2v) is 7.60. The highest BCUT2D eigenvalue weighted by Gasteiger charge is 2.34. The zero-order valence-corrected chi connectivity index (χ0v) is 18.2. The zero-order valence-electron chi connectivity index (χ0n) is 18.2. The third-order valence-electron chi connectivity index (χ3n) is 5.01. The molecule has 7 nitrogen and oxygen atoms in total. The van der Waals surface area contributed by atoms with E-state index in [9.17, 15) is 26.7 Å². The molecule has 0 fully saturated rings. The number of anilines is 4. The van der Waals surface area contributed by atoms with Gasteiger partial charge in [0.2, 0.25) is 0 Å². The molecule has 0 aliphatic rings. The fourth-order valence-electron chi connectivity index (χ4n) is 3.28. The van der Waals surface area contributed by atoms with Gasteiger partial charge in [0.15, 0.2) is 5.69 Å². The van der Waals surface area contributed by atoms with Gasteiger partial charge in [0.05, 0.1) is 12.1 Å². The molecular formula is C23H19F5N6O. The number of pyridine rings is 2. The largest absolute Gasteiger partial charge is 0.434 e. The Morgan fingerprint density at radius 2 is 1.77 bits per heavy atom. The molecule has 0 bridgehead atoms. The van der Waals surface area contributed by atoms with E-state index in [1.165, 1.54) is 40.7 Å². The van der Waals surface area contributed by atoms with Crippen LogP contribution in [0.4, 0.5) is 45.0 Å². The first-order valence-electron chi connectivity index (χ1n) is 10.3. The first kappa shape index (κ1) is 23.9. The van der Waals surface area contributed by atoms with Crippen molar-refractivity contribution in [1.82, 2.24) is 14.4 Å². The number of alkyl halides is 5. The average Bonchev–Trinajstić information content (AvgIpc) is 3.26. The molecule has 0 radical (unpaired) electrons. The van der Waals surface area contributed by atoms with Crippen LogP contribution in [0.25, 0.3) is 5.65 Å². The Kier molecular flexibility index (Phi) is 6.54. The number of rotatable bonds is 7. The van der Waals surface area contributed by atoms with Crippen molar-refractivity contribution in [1.29, 1.82) is 0 Å². The number of nitrogens with zero attached hydrogens (tertiary/aromatic N) is 4. The topological polar surface area (TPSA) is 74.6 Å². The highest BCUT2D eigenvalue weighted by molar-refractivity contribution is 6.04. The first-order chi connectivity index (χ1) is 16.6. The van der Waals surface area contributed by atoms with Gasteiger partial charge in [0, 0.05) is 30.8 Å². The minimum absolute atomic E-state index is 0.145. The van der Waals surface area contributed by atoms with E-state index in [1.54, 1.807) is 36.4 Å². The van der Waals surface area contributed by atoms with Crippen molar-refractivity contribution in [3.8, 4) is 0 Å². The Morgan fingerprint density at radius 3 is 2.40 bits per heavy atom. The number of fused-ring (bicyclic) bond motifs is 1. The predicted octanol–water partition coefficient (Wildman–Crippen LogP) is 5.45. The lowest BCUT2D eigenvalue weighted by atomic mass is 10.2. The number of carbonyl (C=O) groups excluding carboxylic acids is 1. The molecule has 0 spiro atoms. The molecule has 3 heterocycles. The van der Waals surface area contributed by atoms with Crippen LogP contribution in [0.5, 0.6) is 0 Å². The molecular weight excluding hydrogens is 471 g/mol. The van der Waals surface area contributed by atoms with Gasteiger partial charge in [-0.15, -0.1) is 0 Å². The molecule has 182 valence electrons. The van der Waals surface area contributed by atoms with Gasteiger partial charge < -0.3 is 15.5 Å². The molecule has 2 N–H and O–H groups in total. The third kappa shape index (κ3) is 5.65. The summed E-state index contributed by atoms with van der Waals surface area (Å²) >= 11 is 0. The van der Waals surface area contributed by atoms with Crippen LogP contribution in [0.15, 0.2) is 67.0 Å². The second-order valence-electron chi connectivity index (χ2n) is 7.60. The number of halogens is 5. The van der Waals surface area contributed by atoms with Crippen LogP contribution in [0.3, 0.4) is 0 Å². The van der Waals surface area contributed by atoms with E-state index in [-0.39, 0.29) is 11.2 Å². The number of benzene rings is 1. The predicted molar refractivity (Wildman–Crippen MR) is 121 cm³/mol.